The van der Waals surface area contributed by atoms with Gasteiger partial charge in [-0.25, -0.2) is 0 Å². The van der Waals surface area contributed by atoms with Crippen molar-refractivity contribution in [2.75, 3.05) is 0 Å². The van der Waals surface area contributed by atoms with Crippen LogP contribution in [0.5, 0.6) is 0 Å². The molecule has 2 heteroatoms. The van der Waals surface area contributed by atoms with Crippen molar-refractivity contribution in [3.63, 3.8) is 0 Å². The third-order valence-corrected chi connectivity index (χ3v) is 4.29. The maximum absolute atomic E-state index is 12.6. The number of ketones is 2. The highest BCUT2D eigenvalue weighted by Crippen LogP contribution is 2.17. The van der Waals surface area contributed by atoms with Crippen LogP contribution in [0, 0.1) is 6.92 Å². The highest BCUT2D eigenvalue weighted by atomic mass is 16.1. The molecule has 0 saturated carbocycles. The molecule has 0 atom stereocenters. The van der Waals surface area contributed by atoms with Gasteiger partial charge in [-0.05, 0) is 20.3 Å². The van der Waals surface area contributed by atoms with E-state index in [1.165, 1.54) is 0 Å². The van der Waals surface area contributed by atoms with Gasteiger partial charge in [0, 0.05) is 22.3 Å². The van der Waals surface area contributed by atoms with Crippen molar-refractivity contribution in [3.8, 4) is 0 Å². The van der Waals surface area contributed by atoms with Crippen LogP contribution in [0.15, 0.2) is 84.0 Å². The van der Waals surface area contributed by atoms with Crippen molar-refractivity contribution < 1.29 is 9.59 Å². The van der Waals surface area contributed by atoms with Crippen LogP contribution in [-0.2, 0) is 0 Å². The second-order valence-corrected chi connectivity index (χ2v) is 6.28. The zero-order valence-electron chi connectivity index (χ0n) is 14.5. The molecule has 124 valence electrons. The molecule has 3 rings (SSSR count). The first kappa shape index (κ1) is 16.8. The quantitative estimate of drug-likeness (QED) is 0.719. The highest BCUT2D eigenvalue weighted by Gasteiger charge is 2.13. The molecule has 0 amide bonds. The van der Waals surface area contributed by atoms with E-state index in [0.29, 0.717) is 22.3 Å². The van der Waals surface area contributed by atoms with Gasteiger partial charge < -0.3 is 0 Å². The second-order valence-electron chi connectivity index (χ2n) is 6.28. The Morgan fingerprint density at radius 2 is 1.20 bits per heavy atom. The Morgan fingerprint density at radius 3 is 1.80 bits per heavy atom. The predicted octanol–water partition coefficient (Wildman–Crippen LogP) is 5.24. The first-order valence-electron chi connectivity index (χ1n) is 8.36. The highest BCUT2D eigenvalue weighted by molar-refractivity contribution is 6.12. The fourth-order valence-corrected chi connectivity index (χ4v) is 2.71. The van der Waals surface area contributed by atoms with E-state index >= 15 is 0 Å². The third-order valence-electron chi connectivity index (χ3n) is 4.29. The molecule has 0 N–H and O–H groups in total. The van der Waals surface area contributed by atoms with Gasteiger partial charge in [0.2, 0.25) is 0 Å². The van der Waals surface area contributed by atoms with Crippen LogP contribution in [0.3, 0.4) is 0 Å². The Kier molecular flexibility index (Phi) is 4.90. The molecule has 0 aromatic heterocycles. The summed E-state index contributed by atoms with van der Waals surface area (Å²) >= 11 is 0. The van der Waals surface area contributed by atoms with Crippen molar-refractivity contribution in [1.82, 2.24) is 0 Å². The Labute approximate surface area is 148 Å². The monoisotopic (exact) mass is 328 g/mol. The summed E-state index contributed by atoms with van der Waals surface area (Å²) in [4.78, 5) is 25.1. The number of hydrogen-bond donors (Lipinski definition) is 0. The van der Waals surface area contributed by atoms with Gasteiger partial charge >= 0.3 is 0 Å². The van der Waals surface area contributed by atoms with Crippen molar-refractivity contribution in [2.24, 2.45) is 0 Å². The molecular weight excluding hydrogens is 308 g/mol. The van der Waals surface area contributed by atoms with E-state index in [0.717, 1.165) is 17.6 Å². The third kappa shape index (κ3) is 3.92. The smallest absolute Gasteiger partial charge is 0.193 e. The summed E-state index contributed by atoms with van der Waals surface area (Å²) in [5.41, 5.74) is 4.79. The molecule has 25 heavy (non-hydrogen) atoms. The number of benzene rings is 2. The fourth-order valence-electron chi connectivity index (χ4n) is 2.71. The molecule has 0 fully saturated rings. The summed E-state index contributed by atoms with van der Waals surface area (Å²) in [7, 11) is 0. The van der Waals surface area contributed by atoms with Crippen LogP contribution >= 0.6 is 0 Å². The van der Waals surface area contributed by atoms with Crippen LogP contribution in [-0.4, -0.2) is 11.6 Å². The summed E-state index contributed by atoms with van der Waals surface area (Å²) in [5.74, 6) is -0.0545. The summed E-state index contributed by atoms with van der Waals surface area (Å²) in [6, 6.07) is 14.4. The second kappa shape index (κ2) is 7.27. The number of carbonyl (C=O) groups excluding carboxylic acids is 2. The van der Waals surface area contributed by atoms with E-state index in [2.05, 4.69) is 6.08 Å². The molecular formula is C23H20O2. The lowest BCUT2D eigenvalue weighted by Crippen LogP contribution is -2.04. The molecule has 1 aliphatic carbocycles. The Hall–Kier alpha value is -3.00. The van der Waals surface area contributed by atoms with E-state index in [-0.39, 0.29) is 11.6 Å². The van der Waals surface area contributed by atoms with Gasteiger partial charge in [0.25, 0.3) is 0 Å². The molecule has 1 aliphatic rings. The zero-order valence-corrected chi connectivity index (χ0v) is 14.5. The van der Waals surface area contributed by atoms with Gasteiger partial charge in [-0.1, -0.05) is 84.0 Å². The van der Waals surface area contributed by atoms with Gasteiger partial charge in [-0.3, -0.25) is 9.59 Å². The van der Waals surface area contributed by atoms with Crippen molar-refractivity contribution in [3.05, 3.63) is 106 Å². The number of carbonyl (C=O) groups is 2. The number of allylic oxidation sites excluding steroid dienone is 6. The average Bonchev–Trinajstić information content (AvgIpc) is 2.86. The molecule has 0 heterocycles. The molecule has 0 spiro atoms. The van der Waals surface area contributed by atoms with Gasteiger partial charge in [-0.2, -0.15) is 0 Å². The molecule has 0 saturated heterocycles. The lowest BCUT2D eigenvalue weighted by Gasteiger charge is -2.05. The molecule has 0 radical (unpaired) electrons. The van der Waals surface area contributed by atoms with Gasteiger partial charge in [-0.15, -0.1) is 0 Å². The molecule has 0 unspecified atom stereocenters. The molecule has 0 bridgehead atoms. The first-order valence-corrected chi connectivity index (χ1v) is 8.36. The minimum absolute atomic E-state index is 0.0197. The molecule has 2 aromatic rings. The van der Waals surface area contributed by atoms with Crippen LogP contribution in [0.1, 0.15) is 45.2 Å². The van der Waals surface area contributed by atoms with Crippen molar-refractivity contribution in [1.29, 1.82) is 0 Å². The average molecular weight is 328 g/mol. The zero-order chi connectivity index (χ0) is 17.8. The van der Waals surface area contributed by atoms with Crippen molar-refractivity contribution in [2.45, 2.75) is 20.3 Å². The summed E-state index contributed by atoms with van der Waals surface area (Å²) in [6.45, 7) is 4.01. The van der Waals surface area contributed by atoms with Gasteiger partial charge in [0.15, 0.2) is 11.6 Å². The number of Topliss-reactive ketones (excluding diaryl/α,β-unsaturated/α-hetero) is 1. The Bertz CT molecular complexity index is 892. The SMILES string of the molecule is CC1=CCC=C(C(=O)c2ccc(C(=O)c3ccc(C)cc3)cc2)C=C1. The normalized spacial score (nSPS) is 13.7. The number of hydrogen-bond acceptors (Lipinski definition) is 2. The van der Waals surface area contributed by atoms with Crippen LogP contribution in [0.4, 0.5) is 0 Å². The topological polar surface area (TPSA) is 34.1 Å². The minimum Gasteiger partial charge on any atom is -0.289 e. The van der Waals surface area contributed by atoms with Gasteiger partial charge in [0.05, 0.1) is 0 Å². The van der Waals surface area contributed by atoms with Crippen LogP contribution in [0.2, 0.25) is 0 Å². The number of rotatable bonds is 4. The fraction of sp³-hybridized carbons (Fsp3) is 0.130. The first-order chi connectivity index (χ1) is 12.0. The van der Waals surface area contributed by atoms with E-state index < -0.39 is 0 Å². The van der Waals surface area contributed by atoms with Gasteiger partial charge in [0.1, 0.15) is 0 Å². The van der Waals surface area contributed by atoms with E-state index in [1.807, 2.05) is 56.3 Å². The Balaban J connectivity index is 1.79. The summed E-state index contributed by atoms with van der Waals surface area (Å²) in [5, 5.41) is 0. The van der Waals surface area contributed by atoms with E-state index in [4.69, 9.17) is 0 Å². The maximum Gasteiger partial charge on any atom is 0.193 e. The largest absolute Gasteiger partial charge is 0.289 e. The van der Waals surface area contributed by atoms with E-state index in [1.54, 1.807) is 24.3 Å². The summed E-state index contributed by atoms with van der Waals surface area (Å²) in [6.07, 6.45) is 8.57. The Morgan fingerprint density at radius 1 is 0.680 bits per heavy atom. The van der Waals surface area contributed by atoms with Crippen molar-refractivity contribution >= 4 is 11.6 Å². The van der Waals surface area contributed by atoms with Crippen LogP contribution in [0.25, 0.3) is 0 Å². The lowest BCUT2D eigenvalue weighted by atomic mass is 9.98. The van der Waals surface area contributed by atoms with E-state index in [9.17, 15) is 9.59 Å². The lowest BCUT2D eigenvalue weighted by molar-refractivity contribution is 0.102. The standard InChI is InChI=1S/C23H20O2/c1-16-4-3-5-18(9-6-16)22(24)20-12-14-21(15-13-20)23(25)19-10-7-17(2)8-11-19/h4-15H,3H2,1-2H3. The molecule has 2 nitrogen and oxygen atoms in total. The molecule has 2 aromatic carbocycles. The van der Waals surface area contributed by atoms with Crippen LogP contribution < -0.4 is 0 Å². The summed E-state index contributed by atoms with van der Waals surface area (Å²) < 4.78 is 0. The molecule has 0 aliphatic heterocycles. The minimum atomic E-state index is -0.0348. The maximum atomic E-state index is 12.6. The predicted molar refractivity (Wildman–Crippen MR) is 101 cm³/mol. The number of aryl methyl sites for hydroxylation is 1.